The van der Waals surface area contributed by atoms with E-state index >= 15 is 0 Å². The summed E-state index contributed by atoms with van der Waals surface area (Å²) in [6.45, 7) is 4.62. The first-order valence-electron chi connectivity index (χ1n) is 6.75. The molecule has 0 saturated heterocycles. The molecule has 5 nitrogen and oxygen atoms in total. The van der Waals surface area contributed by atoms with Crippen LogP contribution in [0, 0.1) is 11.7 Å². The molecule has 22 heavy (non-hydrogen) atoms. The third-order valence-electron chi connectivity index (χ3n) is 3.41. The van der Waals surface area contributed by atoms with Crippen molar-refractivity contribution in [3.8, 4) is 0 Å². The number of aromatic nitrogens is 3. The number of aromatic amines is 1. The monoisotopic (exact) mass is 358 g/mol. The minimum absolute atomic E-state index is 0.136. The fourth-order valence-corrected chi connectivity index (χ4v) is 3.15. The number of amides is 1. The molecule has 0 aliphatic heterocycles. The summed E-state index contributed by atoms with van der Waals surface area (Å²) in [7, 11) is 0. The maximum absolute atomic E-state index is 12.3. The Morgan fingerprint density at radius 2 is 2.09 bits per heavy atom. The van der Waals surface area contributed by atoms with Crippen molar-refractivity contribution in [3.05, 3.63) is 44.4 Å². The highest BCUT2D eigenvalue weighted by atomic mass is 35.5. The number of halogens is 2. The highest BCUT2D eigenvalue weighted by Gasteiger charge is 2.20. The third-order valence-corrected chi connectivity index (χ3v) is 4.38. The topological polar surface area (TPSA) is 62.7 Å². The second-order valence-electron chi connectivity index (χ2n) is 4.88. The standard InChI is InChI=1S/C14H16Cl2N4OS/c1-8(12-10(15)4-3-5-11(12)16)13(21)17-6-7-20-9(2)18-19-14(20)22/h3-5,8H,6-7H2,1-2H3,(H,17,21)(H,19,22)/t8-/m1/s1. The van der Waals surface area contributed by atoms with E-state index in [1.807, 2.05) is 11.5 Å². The number of aryl methyl sites for hydroxylation is 1. The molecule has 0 unspecified atom stereocenters. The molecule has 8 heteroatoms. The molecule has 2 aromatic rings. The molecule has 1 amide bonds. The second-order valence-corrected chi connectivity index (χ2v) is 6.08. The fraction of sp³-hybridized carbons (Fsp3) is 0.357. The number of benzene rings is 1. The Morgan fingerprint density at radius 3 is 2.64 bits per heavy atom. The van der Waals surface area contributed by atoms with Gasteiger partial charge >= 0.3 is 0 Å². The first-order chi connectivity index (χ1) is 10.4. The molecule has 2 rings (SSSR count). The van der Waals surface area contributed by atoms with Gasteiger partial charge in [0.25, 0.3) is 0 Å². The first-order valence-corrected chi connectivity index (χ1v) is 7.91. The lowest BCUT2D eigenvalue weighted by atomic mass is 10.0. The van der Waals surface area contributed by atoms with Crippen molar-refractivity contribution in [1.29, 1.82) is 0 Å². The molecule has 0 saturated carbocycles. The lowest BCUT2D eigenvalue weighted by Gasteiger charge is -2.15. The number of nitrogens with zero attached hydrogens (tertiary/aromatic N) is 2. The van der Waals surface area contributed by atoms with Crippen molar-refractivity contribution in [2.24, 2.45) is 0 Å². The van der Waals surface area contributed by atoms with Gasteiger partial charge in [-0.2, -0.15) is 5.10 Å². The minimum atomic E-state index is -0.431. The number of carbonyl (C=O) groups excluding carboxylic acids is 1. The van der Waals surface area contributed by atoms with Gasteiger partial charge in [-0.15, -0.1) is 0 Å². The number of nitrogens with one attached hydrogen (secondary N) is 2. The lowest BCUT2D eigenvalue weighted by Crippen LogP contribution is -2.31. The highest BCUT2D eigenvalue weighted by Crippen LogP contribution is 2.31. The van der Waals surface area contributed by atoms with E-state index in [9.17, 15) is 4.79 Å². The van der Waals surface area contributed by atoms with Crippen LogP contribution < -0.4 is 5.32 Å². The van der Waals surface area contributed by atoms with Crippen LogP contribution in [-0.4, -0.2) is 27.2 Å². The molecule has 0 spiro atoms. The molecule has 0 radical (unpaired) electrons. The van der Waals surface area contributed by atoms with Crippen LogP contribution in [0.1, 0.15) is 24.2 Å². The van der Waals surface area contributed by atoms with Crippen LogP contribution in [0.15, 0.2) is 18.2 Å². The summed E-state index contributed by atoms with van der Waals surface area (Å²) in [4.78, 5) is 12.3. The van der Waals surface area contributed by atoms with Gasteiger partial charge in [0.1, 0.15) is 5.82 Å². The van der Waals surface area contributed by atoms with E-state index in [2.05, 4.69) is 15.5 Å². The second kappa shape index (κ2) is 7.26. The van der Waals surface area contributed by atoms with Gasteiger partial charge in [-0.3, -0.25) is 9.89 Å². The zero-order valence-electron chi connectivity index (χ0n) is 12.2. The quantitative estimate of drug-likeness (QED) is 0.804. The molecule has 118 valence electrons. The van der Waals surface area contributed by atoms with E-state index < -0.39 is 5.92 Å². The van der Waals surface area contributed by atoms with Crippen LogP contribution in [0.25, 0.3) is 0 Å². The smallest absolute Gasteiger partial charge is 0.227 e. The van der Waals surface area contributed by atoms with Crippen LogP contribution in [0.5, 0.6) is 0 Å². The maximum atomic E-state index is 12.3. The van der Waals surface area contributed by atoms with Gasteiger partial charge in [-0.25, -0.2) is 0 Å². The molecule has 0 aliphatic carbocycles. The molecule has 1 atom stereocenters. The van der Waals surface area contributed by atoms with Crippen LogP contribution in [-0.2, 0) is 11.3 Å². The van der Waals surface area contributed by atoms with Gasteiger partial charge in [-0.1, -0.05) is 29.3 Å². The van der Waals surface area contributed by atoms with E-state index in [-0.39, 0.29) is 5.91 Å². The summed E-state index contributed by atoms with van der Waals surface area (Å²) in [6.07, 6.45) is 0. The zero-order valence-corrected chi connectivity index (χ0v) is 14.5. The van der Waals surface area contributed by atoms with Crippen LogP contribution in [0.4, 0.5) is 0 Å². The van der Waals surface area contributed by atoms with Crippen molar-refractivity contribution < 1.29 is 4.79 Å². The van der Waals surface area contributed by atoms with E-state index in [1.165, 1.54) is 0 Å². The van der Waals surface area contributed by atoms with Gasteiger partial charge in [0.2, 0.25) is 5.91 Å². The molecule has 0 fully saturated rings. The molecule has 1 aromatic carbocycles. The molecule has 2 N–H and O–H groups in total. The van der Waals surface area contributed by atoms with Crippen LogP contribution >= 0.6 is 35.4 Å². The van der Waals surface area contributed by atoms with Crippen molar-refractivity contribution in [2.75, 3.05) is 6.54 Å². The summed E-state index contributed by atoms with van der Waals surface area (Å²) in [5.74, 6) is 0.212. The first kappa shape index (κ1) is 17.0. The van der Waals surface area contributed by atoms with Gasteiger partial charge in [-0.05, 0) is 38.2 Å². The lowest BCUT2D eigenvalue weighted by molar-refractivity contribution is -0.122. The van der Waals surface area contributed by atoms with Gasteiger partial charge in [0, 0.05) is 28.7 Å². The van der Waals surface area contributed by atoms with Gasteiger partial charge in [0.05, 0.1) is 5.92 Å². The Kier molecular flexibility index (Phi) is 5.61. The van der Waals surface area contributed by atoms with Gasteiger partial charge in [0.15, 0.2) is 4.77 Å². The Bertz CT molecular complexity index is 720. The third kappa shape index (κ3) is 3.69. The average Bonchev–Trinajstić information content (AvgIpc) is 2.78. The Hall–Kier alpha value is -1.37. The largest absolute Gasteiger partial charge is 0.354 e. The predicted molar refractivity (Wildman–Crippen MR) is 90.0 cm³/mol. The van der Waals surface area contributed by atoms with Crippen LogP contribution in [0.2, 0.25) is 10.0 Å². The predicted octanol–water partition coefficient (Wildman–Crippen LogP) is 3.48. The summed E-state index contributed by atoms with van der Waals surface area (Å²) < 4.78 is 2.36. The fourth-order valence-electron chi connectivity index (χ4n) is 2.16. The molecule has 1 heterocycles. The summed E-state index contributed by atoms with van der Waals surface area (Å²) in [5.41, 5.74) is 0.638. The number of hydrogen-bond acceptors (Lipinski definition) is 3. The summed E-state index contributed by atoms with van der Waals surface area (Å²) in [5, 5.41) is 10.6. The number of hydrogen-bond donors (Lipinski definition) is 2. The normalized spacial score (nSPS) is 12.2. The Balaban J connectivity index is 1.99. The number of carbonyl (C=O) groups is 1. The van der Waals surface area contributed by atoms with Crippen molar-refractivity contribution >= 4 is 41.3 Å². The molecule has 0 aliphatic rings. The molecular weight excluding hydrogens is 343 g/mol. The number of rotatable bonds is 5. The SMILES string of the molecule is Cc1n[nH]c(=S)n1CCNC(=O)[C@H](C)c1c(Cl)cccc1Cl. The summed E-state index contributed by atoms with van der Waals surface area (Å²) >= 11 is 17.4. The van der Waals surface area contributed by atoms with E-state index in [1.54, 1.807) is 25.1 Å². The van der Waals surface area contributed by atoms with Crippen molar-refractivity contribution in [3.63, 3.8) is 0 Å². The maximum Gasteiger partial charge on any atom is 0.227 e. The zero-order chi connectivity index (χ0) is 16.3. The minimum Gasteiger partial charge on any atom is -0.354 e. The van der Waals surface area contributed by atoms with E-state index in [0.29, 0.717) is 33.5 Å². The van der Waals surface area contributed by atoms with E-state index in [4.69, 9.17) is 35.4 Å². The Labute approximate surface area is 143 Å². The van der Waals surface area contributed by atoms with E-state index in [0.717, 1.165) is 5.82 Å². The van der Waals surface area contributed by atoms with Crippen LogP contribution in [0.3, 0.4) is 0 Å². The van der Waals surface area contributed by atoms with Gasteiger partial charge < -0.3 is 9.88 Å². The Morgan fingerprint density at radius 1 is 1.45 bits per heavy atom. The summed E-state index contributed by atoms with van der Waals surface area (Å²) in [6, 6.07) is 5.20. The van der Waals surface area contributed by atoms with Crippen molar-refractivity contribution in [1.82, 2.24) is 20.1 Å². The van der Waals surface area contributed by atoms with Crippen molar-refractivity contribution in [2.45, 2.75) is 26.3 Å². The number of H-pyrrole nitrogens is 1. The molecule has 0 bridgehead atoms. The molecular formula is C14H16Cl2N4OS. The highest BCUT2D eigenvalue weighted by molar-refractivity contribution is 7.71. The average molecular weight is 359 g/mol. The molecule has 1 aromatic heterocycles.